The molecule has 0 aliphatic carbocycles. The van der Waals surface area contributed by atoms with Crippen molar-refractivity contribution >= 4 is 44.9 Å². The molecule has 0 spiro atoms. The van der Waals surface area contributed by atoms with Crippen LogP contribution in [0.2, 0.25) is 0 Å². The maximum Gasteiger partial charge on any atom is 0.321 e. The van der Waals surface area contributed by atoms with Gasteiger partial charge in [-0.15, -0.1) is 11.3 Å². The summed E-state index contributed by atoms with van der Waals surface area (Å²) in [6.45, 7) is 0. The Hall–Kier alpha value is -2.51. The van der Waals surface area contributed by atoms with Crippen LogP contribution in [0.25, 0.3) is 6.08 Å². The van der Waals surface area contributed by atoms with E-state index in [1.165, 1.54) is 6.08 Å². The van der Waals surface area contributed by atoms with E-state index in [1.54, 1.807) is 60.1 Å². The van der Waals surface area contributed by atoms with Gasteiger partial charge in [0, 0.05) is 29.0 Å². The zero-order valence-corrected chi connectivity index (χ0v) is 14.8. The SMILES string of the molecule is O=C(/C=C/c1ccc(Br)s1)Nc1ccc(Oc2ncccn2)cc1. The van der Waals surface area contributed by atoms with Crippen LogP contribution in [0.1, 0.15) is 4.88 Å². The van der Waals surface area contributed by atoms with Gasteiger partial charge in [0.05, 0.1) is 3.79 Å². The summed E-state index contributed by atoms with van der Waals surface area (Å²) >= 11 is 4.95. The zero-order valence-electron chi connectivity index (χ0n) is 12.3. The molecule has 0 saturated heterocycles. The highest BCUT2D eigenvalue weighted by atomic mass is 79.9. The normalized spacial score (nSPS) is 10.7. The Morgan fingerprint density at radius 3 is 2.54 bits per heavy atom. The molecule has 0 unspecified atom stereocenters. The third-order valence-electron chi connectivity index (χ3n) is 2.87. The first-order valence-corrected chi connectivity index (χ1v) is 8.59. The molecule has 1 amide bonds. The number of hydrogen-bond donors (Lipinski definition) is 1. The summed E-state index contributed by atoms with van der Waals surface area (Å²) in [5, 5.41) is 2.79. The van der Waals surface area contributed by atoms with Gasteiger partial charge in [0.15, 0.2) is 0 Å². The van der Waals surface area contributed by atoms with Crippen molar-refractivity contribution in [2.75, 3.05) is 5.32 Å². The van der Waals surface area contributed by atoms with E-state index in [4.69, 9.17) is 4.74 Å². The molecule has 2 heterocycles. The van der Waals surface area contributed by atoms with Crippen molar-refractivity contribution < 1.29 is 9.53 Å². The Morgan fingerprint density at radius 1 is 1.12 bits per heavy atom. The topological polar surface area (TPSA) is 64.1 Å². The van der Waals surface area contributed by atoms with Gasteiger partial charge < -0.3 is 10.1 Å². The van der Waals surface area contributed by atoms with Crippen LogP contribution in [-0.2, 0) is 4.79 Å². The number of aromatic nitrogens is 2. The molecule has 24 heavy (non-hydrogen) atoms. The average Bonchev–Trinajstić information content (AvgIpc) is 3.01. The first-order valence-electron chi connectivity index (χ1n) is 6.98. The van der Waals surface area contributed by atoms with E-state index in [1.807, 2.05) is 12.1 Å². The fourth-order valence-electron chi connectivity index (χ4n) is 1.81. The number of ether oxygens (including phenoxy) is 1. The quantitative estimate of drug-likeness (QED) is 0.626. The molecule has 3 rings (SSSR count). The van der Waals surface area contributed by atoms with E-state index in [0.29, 0.717) is 11.4 Å². The first kappa shape index (κ1) is 16.4. The fraction of sp³-hybridized carbons (Fsp3) is 0. The summed E-state index contributed by atoms with van der Waals surface area (Å²) in [6.07, 6.45) is 6.49. The molecule has 0 saturated carbocycles. The average molecular weight is 402 g/mol. The maximum absolute atomic E-state index is 11.9. The Kier molecular flexibility index (Phi) is 5.35. The van der Waals surface area contributed by atoms with Crippen LogP contribution in [0.3, 0.4) is 0 Å². The summed E-state index contributed by atoms with van der Waals surface area (Å²) in [4.78, 5) is 20.9. The second-order valence-electron chi connectivity index (χ2n) is 4.62. The lowest BCUT2D eigenvalue weighted by Gasteiger charge is -2.05. The van der Waals surface area contributed by atoms with E-state index in [9.17, 15) is 4.79 Å². The standard InChI is InChI=1S/C17H12BrN3O2S/c18-15-8-6-14(24-15)7-9-16(22)21-12-2-4-13(5-3-12)23-17-19-10-1-11-20-17/h1-11H,(H,21,22)/b9-7+. The van der Waals surface area contributed by atoms with Gasteiger partial charge in [0.1, 0.15) is 5.75 Å². The largest absolute Gasteiger partial charge is 0.424 e. The van der Waals surface area contributed by atoms with Gasteiger partial charge in [0.25, 0.3) is 0 Å². The molecule has 5 nitrogen and oxygen atoms in total. The van der Waals surface area contributed by atoms with Crippen LogP contribution < -0.4 is 10.1 Å². The minimum absolute atomic E-state index is 0.195. The van der Waals surface area contributed by atoms with Gasteiger partial charge in [-0.05, 0) is 64.5 Å². The molecule has 120 valence electrons. The number of nitrogens with one attached hydrogen (secondary N) is 1. The summed E-state index contributed by atoms with van der Waals surface area (Å²) in [5.74, 6) is 0.401. The smallest absolute Gasteiger partial charge is 0.321 e. The number of hydrogen-bond acceptors (Lipinski definition) is 5. The molecule has 0 aliphatic heterocycles. The minimum atomic E-state index is -0.195. The molecule has 0 fully saturated rings. The highest BCUT2D eigenvalue weighted by Gasteiger charge is 2.02. The molecule has 0 aliphatic rings. The van der Waals surface area contributed by atoms with Gasteiger partial charge in [-0.1, -0.05) is 0 Å². The van der Waals surface area contributed by atoms with Crippen LogP contribution >= 0.6 is 27.3 Å². The van der Waals surface area contributed by atoms with Crippen LogP contribution in [-0.4, -0.2) is 15.9 Å². The van der Waals surface area contributed by atoms with E-state index in [2.05, 4.69) is 31.2 Å². The van der Waals surface area contributed by atoms with Crippen molar-refractivity contribution in [2.24, 2.45) is 0 Å². The molecule has 1 N–H and O–H groups in total. The number of carbonyl (C=O) groups excluding carboxylic acids is 1. The lowest BCUT2D eigenvalue weighted by molar-refractivity contribution is -0.111. The molecular formula is C17H12BrN3O2S. The second-order valence-corrected chi connectivity index (χ2v) is 7.12. The van der Waals surface area contributed by atoms with Gasteiger partial charge in [-0.2, -0.15) is 0 Å². The molecular weight excluding hydrogens is 390 g/mol. The number of thiophene rings is 1. The monoisotopic (exact) mass is 401 g/mol. The maximum atomic E-state index is 11.9. The number of carbonyl (C=O) groups is 1. The molecule has 1 aromatic carbocycles. The highest BCUT2D eigenvalue weighted by Crippen LogP contribution is 2.23. The molecule has 0 radical (unpaired) electrons. The number of anilines is 1. The van der Waals surface area contributed by atoms with Crippen molar-refractivity contribution in [2.45, 2.75) is 0 Å². The molecule has 7 heteroatoms. The van der Waals surface area contributed by atoms with Crippen molar-refractivity contribution in [3.63, 3.8) is 0 Å². The number of rotatable bonds is 5. The fourth-order valence-corrected chi connectivity index (χ4v) is 3.14. The second kappa shape index (κ2) is 7.85. The van der Waals surface area contributed by atoms with Crippen LogP contribution in [0.4, 0.5) is 5.69 Å². The predicted molar refractivity (Wildman–Crippen MR) is 98.2 cm³/mol. The van der Waals surface area contributed by atoms with E-state index in [0.717, 1.165) is 8.66 Å². The lowest BCUT2D eigenvalue weighted by atomic mass is 10.3. The van der Waals surface area contributed by atoms with Crippen LogP contribution in [0.15, 0.2) is 64.7 Å². The first-order chi connectivity index (χ1) is 11.7. The van der Waals surface area contributed by atoms with Crippen molar-refractivity contribution in [1.29, 1.82) is 0 Å². The minimum Gasteiger partial charge on any atom is -0.424 e. The van der Waals surface area contributed by atoms with Gasteiger partial charge in [0.2, 0.25) is 5.91 Å². The summed E-state index contributed by atoms with van der Waals surface area (Å²) < 4.78 is 6.52. The third-order valence-corrected chi connectivity index (χ3v) is 4.45. The molecule has 3 aromatic rings. The van der Waals surface area contributed by atoms with Gasteiger partial charge >= 0.3 is 6.01 Å². The summed E-state index contributed by atoms with van der Waals surface area (Å²) in [7, 11) is 0. The van der Waals surface area contributed by atoms with E-state index < -0.39 is 0 Å². The van der Waals surface area contributed by atoms with Gasteiger partial charge in [-0.25, -0.2) is 9.97 Å². The zero-order chi connectivity index (χ0) is 16.8. The van der Waals surface area contributed by atoms with Crippen molar-refractivity contribution in [3.05, 3.63) is 69.6 Å². The Balaban J connectivity index is 1.57. The van der Waals surface area contributed by atoms with Crippen LogP contribution in [0, 0.1) is 0 Å². The third kappa shape index (κ3) is 4.74. The van der Waals surface area contributed by atoms with Crippen molar-refractivity contribution in [3.8, 4) is 11.8 Å². The van der Waals surface area contributed by atoms with Crippen molar-refractivity contribution in [1.82, 2.24) is 9.97 Å². The number of benzene rings is 1. The molecule has 2 aromatic heterocycles. The lowest BCUT2D eigenvalue weighted by Crippen LogP contribution is -2.07. The number of nitrogens with zero attached hydrogens (tertiary/aromatic N) is 2. The Labute approximate surface area is 151 Å². The summed E-state index contributed by atoms with van der Waals surface area (Å²) in [6, 6.07) is 12.9. The summed E-state index contributed by atoms with van der Waals surface area (Å²) in [5.41, 5.74) is 0.679. The van der Waals surface area contributed by atoms with Crippen LogP contribution in [0.5, 0.6) is 11.8 Å². The Morgan fingerprint density at radius 2 is 1.88 bits per heavy atom. The van der Waals surface area contributed by atoms with Gasteiger partial charge in [-0.3, -0.25) is 4.79 Å². The predicted octanol–water partition coefficient (Wildman–Crippen LogP) is 4.74. The number of halogens is 1. The molecule has 0 atom stereocenters. The van der Waals surface area contributed by atoms with E-state index in [-0.39, 0.29) is 11.9 Å². The van der Waals surface area contributed by atoms with E-state index >= 15 is 0 Å². The highest BCUT2D eigenvalue weighted by molar-refractivity contribution is 9.11. The number of amides is 1. The molecule has 0 bridgehead atoms. The Bertz CT molecular complexity index is 848.